The summed E-state index contributed by atoms with van der Waals surface area (Å²) in [5.41, 5.74) is 0. The van der Waals surface area contributed by atoms with Gasteiger partial charge in [-0.1, -0.05) is 13.7 Å². The van der Waals surface area contributed by atoms with Gasteiger partial charge in [-0.3, -0.25) is 0 Å². The van der Waals surface area contributed by atoms with Crippen LogP contribution in [0.25, 0.3) is 0 Å². The Morgan fingerprint density at radius 1 is 2.00 bits per heavy atom. The number of hydrogen-bond acceptors (Lipinski definition) is 2. The second-order valence-corrected chi connectivity index (χ2v) is 3.75. The van der Waals surface area contributed by atoms with Crippen molar-refractivity contribution in [3.8, 4) is 0 Å². The van der Waals surface area contributed by atoms with Crippen LogP contribution in [0.15, 0.2) is 9.98 Å². The first-order chi connectivity index (χ1) is 7.00. The van der Waals surface area contributed by atoms with Gasteiger partial charge in [0.2, 0.25) is 0 Å². The lowest BCUT2D eigenvalue weighted by molar-refractivity contribution is 0.852. The van der Waals surface area contributed by atoms with Gasteiger partial charge in [0.05, 0.1) is 15.0 Å². The molecule has 1 nitrogen and oxygen atoms in total. The van der Waals surface area contributed by atoms with Crippen LogP contribution >= 0.6 is 27.3 Å². The molecular weight excluding hydrogens is 198 g/mol. The topological polar surface area (TPSA) is 12.9 Å². The van der Waals surface area contributed by atoms with Gasteiger partial charge in [0.15, 0.2) is 0 Å². The van der Waals surface area contributed by atoms with Gasteiger partial charge in [-0.2, -0.15) is 0 Å². The monoisotopic (exact) mass is 212 g/mol. The molecule has 0 radical (unpaired) electrons. The normalized spacial score (nSPS) is 26.1. The summed E-state index contributed by atoms with van der Waals surface area (Å²) in [7, 11) is 0. The van der Waals surface area contributed by atoms with Gasteiger partial charge >= 0.3 is 0 Å². The van der Waals surface area contributed by atoms with Crippen molar-refractivity contribution in [3.63, 3.8) is 0 Å². The molecule has 1 rings (SSSR count). The molecule has 0 aliphatic carbocycles. The zero-order valence-corrected chi connectivity index (χ0v) is 6.71. The highest BCUT2D eigenvalue weighted by Gasteiger charge is 2.02. The highest BCUT2D eigenvalue weighted by atomic mass is 79.9. The molecule has 1 aromatic rings. The first-order valence-corrected chi connectivity index (χ1v) is 3.73. The summed E-state index contributed by atoms with van der Waals surface area (Å²) in [5, 5.41) is -0.237. The van der Waals surface area contributed by atoms with Gasteiger partial charge in [0.25, 0.3) is 0 Å². The molecule has 0 saturated heterocycles. The van der Waals surface area contributed by atoms with E-state index < -0.39 is 19.6 Å². The van der Waals surface area contributed by atoms with E-state index in [4.69, 9.17) is 9.60 Å². The van der Waals surface area contributed by atoms with Crippen molar-refractivity contribution in [3.05, 3.63) is 15.0 Å². The molecule has 50 valence electrons. The summed E-state index contributed by atoms with van der Waals surface area (Å²) in [4.78, 5) is 3.68. The van der Waals surface area contributed by atoms with E-state index in [-0.39, 0.29) is 5.01 Å². The lowest BCUT2D eigenvalue weighted by atomic mass is 10.2. The average Bonchev–Trinajstić information content (AvgIpc) is 2.46. The fourth-order valence-corrected chi connectivity index (χ4v) is 1.43. The number of thiazole rings is 1. The molecule has 3 heteroatoms. The second kappa shape index (κ2) is 2.80. The Balaban J connectivity index is 3.38. The minimum atomic E-state index is -2.96. The Bertz CT molecular complexity index is 367. The number of rotatable bonds is 1. The maximum Gasteiger partial charge on any atom is 0.0962 e. The summed E-state index contributed by atoms with van der Waals surface area (Å²) in [6.45, 7) is -5.93. The van der Waals surface area contributed by atoms with E-state index in [9.17, 15) is 0 Å². The Hall–Kier alpha value is 0.110. The minimum absolute atomic E-state index is 0.237. The first-order valence-electron chi connectivity index (χ1n) is 5.62. The number of hydrogen-bond donors (Lipinski definition) is 0. The molecule has 0 unspecified atom stereocenters. The molecular formula is C6H8BrNS. The minimum Gasteiger partial charge on any atom is -0.248 e. The van der Waals surface area contributed by atoms with E-state index in [0.29, 0.717) is 3.79 Å². The third-order valence-corrected chi connectivity index (χ3v) is 2.19. The molecule has 1 aromatic heterocycles. The Morgan fingerprint density at radius 2 is 2.78 bits per heavy atom. The number of aromatic nitrogens is 1. The largest absolute Gasteiger partial charge is 0.248 e. The van der Waals surface area contributed by atoms with Crippen molar-refractivity contribution in [2.75, 3.05) is 0 Å². The number of nitrogens with zero attached hydrogens (tertiary/aromatic N) is 1. The van der Waals surface area contributed by atoms with Gasteiger partial charge in [0, 0.05) is 15.5 Å². The summed E-state index contributed by atoms with van der Waals surface area (Å²) < 4.78 is 51.6. The van der Waals surface area contributed by atoms with Crippen molar-refractivity contribution in [1.29, 1.82) is 0 Å². The van der Waals surface area contributed by atoms with E-state index in [2.05, 4.69) is 20.9 Å². The summed E-state index contributed by atoms with van der Waals surface area (Å²) in [6.07, 6.45) is 1.29. The Labute approximate surface area is 77.1 Å². The third kappa shape index (κ3) is 1.76. The van der Waals surface area contributed by atoms with Crippen LogP contribution < -0.4 is 0 Å². The molecule has 9 heavy (non-hydrogen) atoms. The first kappa shape index (κ1) is 2.31. The quantitative estimate of drug-likeness (QED) is 0.698. The lowest BCUT2D eigenvalue weighted by Gasteiger charge is -1.94. The number of halogens is 1. The lowest BCUT2D eigenvalue weighted by Crippen LogP contribution is -1.81. The van der Waals surface area contributed by atoms with Crippen LogP contribution in [0.2, 0.25) is 0 Å². The zero-order valence-electron chi connectivity index (χ0n) is 11.3. The van der Waals surface area contributed by atoms with Crippen LogP contribution in [0, 0.1) is 0 Å². The highest BCUT2D eigenvalue weighted by molar-refractivity contribution is 9.11. The molecule has 0 aromatic carbocycles. The molecule has 0 bridgehead atoms. The molecule has 0 saturated carbocycles. The van der Waals surface area contributed by atoms with Gasteiger partial charge < -0.3 is 0 Å². The van der Waals surface area contributed by atoms with Gasteiger partial charge in [-0.15, -0.1) is 11.3 Å². The molecule has 1 heterocycles. The van der Waals surface area contributed by atoms with E-state index in [1.54, 1.807) is 0 Å². The van der Waals surface area contributed by atoms with E-state index >= 15 is 0 Å². The van der Waals surface area contributed by atoms with Crippen molar-refractivity contribution >= 4 is 27.3 Å². The molecule has 0 N–H and O–H groups in total. The molecule has 0 aliphatic heterocycles. The zero-order chi connectivity index (χ0) is 12.8. The van der Waals surface area contributed by atoms with Gasteiger partial charge in [0.1, 0.15) is 0 Å². The molecule has 0 fully saturated rings. The Kier molecular flexibility index (Phi) is 0.717. The molecule has 0 amide bonds. The summed E-state index contributed by atoms with van der Waals surface area (Å²) in [5.74, 6) is -2.68. The van der Waals surface area contributed by atoms with E-state index in [0.717, 1.165) is 11.3 Å². The van der Waals surface area contributed by atoms with Gasteiger partial charge in [-0.05, 0) is 15.9 Å². The van der Waals surface area contributed by atoms with Crippen LogP contribution in [-0.2, 0) is 0 Å². The van der Waals surface area contributed by atoms with Crippen molar-refractivity contribution < 1.29 is 9.60 Å². The third-order valence-electron chi connectivity index (χ3n) is 0.691. The second-order valence-electron chi connectivity index (χ2n) is 1.34. The smallest absolute Gasteiger partial charge is 0.0962 e. The van der Waals surface area contributed by atoms with E-state index in [1.165, 1.54) is 6.20 Å². The summed E-state index contributed by atoms with van der Waals surface area (Å²) in [6, 6.07) is 0. The van der Waals surface area contributed by atoms with Gasteiger partial charge in [-0.25, -0.2) is 4.98 Å². The molecule has 0 spiro atoms. The SMILES string of the molecule is [2H]C([2H])([2H])C([2H])(c1ncc(Br)s1)C([2H])([2H])[2H]. The van der Waals surface area contributed by atoms with Crippen LogP contribution in [0.4, 0.5) is 0 Å². The Morgan fingerprint density at radius 3 is 3.22 bits per heavy atom. The van der Waals surface area contributed by atoms with Crippen LogP contribution in [-0.4, -0.2) is 4.98 Å². The molecule has 0 aliphatic rings. The predicted octanol–water partition coefficient (Wildman–Crippen LogP) is 3.03. The van der Waals surface area contributed by atoms with Crippen LogP contribution in [0.3, 0.4) is 0 Å². The van der Waals surface area contributed by atoms with Crippen molar-refractivity contribution in [1.82, 2.24) is 4.98 Å². The average molecular weight is 213 g/mol. The van der Waals surface area contributed by atoms with Crippen molar-refractivity contribution in [2.45, 2.75) is 19.6 Å². The van der Waals surface area contributed by atoms with Crippen molar-refractivity contribution in [2.24, 2.45) is 0 Å². The van der Waals surface area contributed by atoms with E-state index in [1.807, 2.05) is 0 Å². The standard InChI is InChI=1S/C6H8BrNS/c1-4(2)6-8-3-5(7)9-6/h3-4H,1-2H3/i1D3,2D3,4D. The maximum atomic E-state index is 7.78. The predicted molar refractivity (Wildman–Crippen MR) is 43.9 cm³/mol. The fraction of sp³-hybridized carbons (Fsp3) is 0.500. The van der Waals surface area contributed by atoms with Crippen LogP contribution in [0.1, 0.15) is 34.2 Å². The summed E-state index contributed by atoms with van der Waals surface area (Å²) >= 11 is 3.91. The highest BCUT2D eigenvalue weighted by Crippen LogP contribution is 2.24. The fourth-order valence-electron chi connectivity index (χ4n) is 0.370. The maximum absolute atomic E-state index is 7.78. The molecule has 0 atom stereocenters. The van der Waals surface area contributed by atoms with Crippen LogP contribution in [0.5, 0.6) is 0 Å².